The van der Waals surface area contributed by atoms with Crippen molar-refractivity contribution in [2.24, 2.45) is 11.5 Å². The average Bonchev–Trinajstić information content (AvgIpc) is 2.17. The van der Waals surface area contributed by atoms with Crippen LogP contribution in [0.1, 0.15) is 12.0 Å². The summed E-state index contributed by atoms with van der Waals surface area (Å²) in [5, 5.41) is 0. The number of halogens is 1. The van der Waals surface area contributed by atoms with Crippen molar-refractivity contribution < 1.29 is 13.9 Å². The van der Waals surface area contributed by atoms with Crippen LogP contribution in [0, 0.1) is 5.82 Å². The summed E-state index contributed by atoms with van der Waals surface area (Å²) < 4.78 is 18.3. The molecule has 4 N–H and O–H groups in total. The van der Waals surface area contributed by atoms with Gasteiger partial charge in [-0.1, -0.05) is 6.07 Å². The lowest BCUT2D eigenvalue weighted by atomic mass is 10.2. The predicted molar refractivity (Wildman–Crippen MR) is 53.6 cm³/mol. The second-order valence-corrected chi connectivity index (χ2v) is 3.02. The van der Waals surface area contributed by atoms with Crippen LogP contribution in [0.3, 0.4) is 0 Å². The molecule has 4 nitrogen and oxygen atoms in total. The van der Waals surface area contributed by atoms with Crippen molar-refractivity contribution in [3.05, 3.63) is 29.6 Å². The first kappa shape index (κ1) is 11.5. The highest BCUT2D eigenvalue weighted by molar-refractivity contribution is 5.73. The van der Waals surface area contributed by atoms with E-state index < -0.39 is 11.7 Å². The largest absolute Gasteiger partial charge is 0.493 e. The number of hydrogen-bond donors (Lipinski definition) is 2. The topological polar surface area (TPSA) is 78.3 Å². The molecule has 0 bridgehead atoms. The van der Waals surface area contributed by atoms with Crippen molar-refractivity contribution in [2.75, 3.05) is 6.61 Å². The van der Waals surface area contributed by atoms with Gasteiger partial charge >= 0.3 is 0 Å². The van der Waals surface area contributed by atoms with E-state index in [0.29, 0.717) is 11.3 Å². The van der Waals surface area contributed by atoms with Crippen LogP contribution in [0.4, 0.5) is 4.39 Å². The van der Waals surface area contributed by atoms with Gasteiger partial charge in [-0.2, -0.15) is 0 Å². The van der Waals surface area contributed by atoms with E-state index >= 15 is 0 Å². The maximum absolute atomic E-state index is 13.2. The van der Waals surface area contributed by atoms with E-state index in [4.69, 9.17) is 16.2 Å². The Kier molecular flexibility index (Phi) is 4.05. The van der Waals surface area contributed by atoms with E-state index in [-0.39, 0.29) is 19.6 Å². The van der Waals surface area contributed by atoms with Crippen molar-refractivity contribution in [1.82, 2.24) is 0 Å². The molecule has 0 unspecified atom stereocenters. The third kappa shape index (κ3) is 3.55. The molecule has 82 valence electrons. The number of primary amides is 1. The molecule has 0 fully saturated rings. The van der Waals surface area contributed by atoms with Gasteiger partial charge in [-0.25, -0.2) is 4.39 Å². The van der Waals surface area contributed by atoms with Crippen molar-refractivity contribution in [3.63, 3.8) is 0 Å². The number of carbonyl (C=O) groups is 1. The molecule has 1 aromatic carbocycles. The fraction of sp³-hybridized carbons (Fsp3) is 0.300. The van der Waals surface area contributed by atoms with E-state index in [0.717, 1.165) is 0 Å². The van der Waals surface area contributed by atoms with Crippen LogP contribution < -0.4 is 16.2 Å². The fourth-order valence-electron chi connectivity index (χ4n) is 1.05. The Bertz CT molecular complexity index is 355. The molecular formula is C10H13FN2O2. The molecular weight excluding hydrogens is 199 g/mol. The van der Waals surface area contributed by atoms with Crippen LogP contribution in [-0.4, -0.2) is 12.5 Å². The van der Waals surface area contributed by atoms with Gasteiger partial charge in [-0.3, -0.25) is 4.79 Å². The number of rotatable bonds is 5. The number of benzene rings is 1. The number of hydrogen-bond acceptors (Lipinski definition) is 3. The number of carbonyl (C=O) groups excluding carboxylic acids is 1. The van der Waals surface area contributed by atoms with Gasteiger partial charge < -0.3 is 16.2 Å². The first-order valence-corrected chi connectivity index (χ1v) is 4.53. The summed E-state index contributed by atoms with van der Waals surface area (Å²) >= 11 is 0. The summed E-state index contributed by atoms with van der Waals surface area (Å²) in [6.07, 6.45) is 0.111. The quantitative estimate of drug-likeness (QED) is 0.747. The first-order chi connectivity index (χ1) is 7.13. The molecule has 1 aromatic rings. The molecule has 0 heterocycles. The Morgan fingerprint density at radius 1 is 1.47 bits per heavy atom. The Balaban J connectivity index is 2.55. The van der Waals surface area contributed by atoms with Crippen LogP contribution in [-0.2, 0) is 11.3 Å². The van der Waals surface area contributed by atoms with Crippen LogP contribution in [0.5, 0.6) is 5.75 Å². The highest BCUT2D eigenvalue weighted by Crippen LogP contribution is 2.16. The van der Waals surface area contributed by atoms with Crippen LogP contribution in [0.2, 0.25) is 0 Å². The van der Waals surface area contributed by atoms with E-state index in [1.165, 1.54) is 6.07 Å². The van der Waals surface area contributed by atoms with Gasteiger partial charge in [-0.15, -0.1) is 0 Å². The highest BCUT2D eigenvalue weighted by Gasteiger charge is 2.03. The molecule has 1 rings (SSSR count). The van der Waals surface area contributed by atoms with E-state index in [1.54, 1.807) is 12.1 Å². The molecule has 15 heavy (non-hydrogen) atoms. The van der Waals surface area contributed by atoms with E-state index in [9.17, 15) is 9.18 Å². The zero-order chi connectivity index (χ0) is 11.3. The van der Waals surface area contributed by atoms with Crippen molar-refractivity contribution in [1.29, 1.82) is 0 Å². The summed E-state index contributed by atoms with van der Waals surface area (Å²) in [4.78, 5) is 10.4. The van der Waals surface area contributed by atoms with Gasteiger partial charge in [0.05, 0.1) is 13.0 Å². The lowest BCUT2D eigenvalue weighted by molar-refractivity contribution is -0.118. The molecule has 0 aromatic heterocycles. The zero-order valence-electron chi connectivity index (χ0n) is 8.20. The van der Waals surface area contributed by atoms with Crippen LogP contribution >= 0.6 is 0 Å². The molecule has 0 aliphatic heterocycles. The minimum atomic E-state index is -0.450. The first-order valence-electron chi connectivity index (χ1n) is 4.53. The maximum Gasteiger partial charge on any atom is 0.220 e. The minimum Gasteiger partial charge on any atom is -0.493 e. The number of amides is 1. The number of nitrogens with two attached hydrogens (primary N) is 2. The van der Waals surface area contributed by atoms with E-state index in [1.807, 2.05) is 0 Å². The summed E-state index contributed by atoms with van der Waals surface area (Å²) in [6, 6.07) is 4.39. The molecule has 0 aliphatic carbocycles. The van der Waals surface area contributed by atoms with Gasteiger partial charge in [0.25, 0.3) is 0 Å². The molecule has 5 heteroatoms. The van der Waals surface area contributed by atoms with Gasteiger partial charge in [0.15, 0.2) is 0 Å². The van der Waals surface area contributed by atoms with Crippen molar-refractivity contribution >= 4 is 5.91 Å². The summed E-state index contributed by atoms with van der Waals surface area (Å²) in [7, 11) is 0. The monoisotopic (exact) mass is 212 g/mol. The Morgan fingerprint density at radius 3 is 2.73 bits per heavy atom. The lowest BCUT2D eigenvalue weighted by Crippen LogP contribution is -2.14. The van der Waals surface area contributed by atoms with Crippen molar-refractivity contribution in [2.45, 2.75) is 13.0 Å². The smallest absolute Gasteiger partial charge is 0.220 e. The Morgan fingerprint density at radius 2 is 2.20 bits per heavy atom. The van der Waals surface area contributed by atoms with Crippen molar-refractivity contribution in [3.8, 4) is 5.75 Å². The van der Waals surface area contributed by atoms with Crippen LogP contribution in [0.25, 0.3) is 0 Å². The van der Waals surface area contributed by atoms with Gasteiger partial charge in [0, 0.05) is 18.2 Å². The molecule has 0 saturated heterocycles. The lowest BCUT2D eigenvalue weighted by Gasteiger charge is -2.06. The van der Waals surface area contributed by atoms with Gasteiger partial charge in [0.2, 0.25) is 5.91 Å². The molecule has 0 saturated carbocycles. The zero-order valence-corrected chi connectivity index (χ0v) is 8.20. The summed E-state index contributed by atoms with van der Waals surface area (Å²) in [5.41, 5.74) is 10.6. The van der Waals surface area contributed by atoms with Gasteiger partial charge in [0.1, 0.15) is 11.6 Å². The number of ether oxygens (including phenoxy) is 1. The normalized spacial score (nSPS) is 10.0. The SMILES string of the molecule is NCc1ccc(OCCC(N)=O)cc1F. The second kappa shape index (κ2) is 5.31. The predicted octanol–water partition coefficient (Wildman–Crippen LogP) is 0.539. The molecule has 0 atom stereocenters. The van der Waals surface area contributed by atoms with E-state index in [2.05, 4.69) is 0 Å². The highest BCUT2D eigenvalue weighted by atomic mass is 19.1. The minimum absolute atomic E-state index is 0.111. The average molecular weight is 212 g/mol. The fourth-order valence-corrected chi connectivity index (χ4v) is 1.05. The maximum atomic E-state index is 13.2. The molecule has 0 aliphatic rings. The van der Waals surface area contributed by atoms with Gasteiger partial charge in [-0.05, 0) is 6.07 Å². The Hall–Kier alpha value is -1.62. The third-order valence-corrected chi connectivity index (χ3v) is 1.86. The molecule has 0 spiro atoms. The second-order valence-electron chi connectivity index (χ2n) is 3.02. The Labute approximate surface area is 87.0 Å². The summed E-state index contributed by atoms with van der Waals surface area (Å²) in [5.74, 6) is -0.492. The standard InChI is InChI=1S/C10H13FN2O2/c11-9-5-8(2-1-7(9)6-12)15-4-3-10(13)14/h1-2,5H,3-4,6,12H2,(H2,13,14). The molecule has 1 amide bonds. The van der Waals surface area contributed by atoms with Crippen LogP contribution in [0.15, 0.2) is 18.2 Å². The summed E-state index contributed by atoms with van der Waals surface area (Å²) in [6.45, 7) is 0.296. The third-order valence-electron chi connectivity index (χ3n) is 1.86. The molecule has 0 radical (unpaired) electrons.